The number of rotatable bonds is 6. The molecule has 0 N–H and O–H groups in total. The van der Waals surface area contributed by atoms with E-state index in [1.807, 2.05) is 0 Å². The van der Waals surface area contributed by atoms with Crippen LogP contribution in [0.4, 0.5) is 4.39 Å². The molecular formula is C18H27FN2O3S. The van der Waals surface area contributed by atoms with Crippen LogP contribution in [0.3, 0.4) is 0 Å². The first-order chi connectivity index (χ1) is 11.8. The molecule has 0 radical (unpaired) electrons. The van der Waals surface area contributed by atoms with E-state index in [4.69, 9.17) is 0 Å². The quantitative estimate of drug-likeness (QED) is 0.772. The Balaban J connectivity index is 2.33. The Hall–Kier alpha value is -1.47. The van der Waals surface area contributed by atoms with Crippen molar-refractivity contribution in [1.82, 2.24) is 9.21 Å². The van der Waals surface area contributed by atoms with Crippen molar-refractivity contribution in [3.63, 3.8) is 0 Å². The molecule has 0 bridgehead atoms. The molecule has 5 nitrogen and oxygen atoms in total. The number of halogens is 1. The number of sulfonamides is 1. The highest BCUT2D eigenvalue weighted by Gasteiger charge is 2.28. The molecule has 0 aromatic heterocycles. The molecule has 0 aliphatic heterocycles. The molecule has 0 spiro atoms. The van der Waals surface area contributed by atoms with Gasteiger partial charge in [0.2, 0.25) is 10.0 Å². The van der Waals surface area contributed by atoms with E-state index < -0.39 is 20.7 Å². The van der Waals surface area contributed by atoms with Crippen LogP contribution in [0.25, 0.3) is 0 Å². The Kier molecular flexibility index (Phi) is 6.57. The number of carbonyl (C=O) groups excluding carboxylic acids is 1. The summed E-state index contributed by atoms with van der Waals surface area (Å²) < 4.78 is 40.6. The molecule has 1 fully saturated rings. The van der Waals surface area contributed by atoms with Crippen molar-refractivity contribution in [3.8, 4) is 0 Å². The molecule has 140 valence electrons. The van der Waals surface area contributed by atoms with Crippen molar-refractivity contribution in [2.24, 2.45) is 0 Å². The largest absolute Gasteiger partial charge is 0.339 e. The highest BCUT2D eigenvalue weighted by Crippen LogP contribution is 2.25. The molecule has 2 rings (SSSR count). The standard InChI is InChI=1S/C18H27FN2O3S/c1-4-21(5-2)25(23,24)17-13-14(11-12-16(17)19)18(22)20(3)15-9-7-6-8-10-15/h11-13,15H,4-10H2,1-3H3. The van der Waals surface area contributed by atoms with Gasteiger partial charge in [-0.05, 0) is 31.0 Å². The van der Waals surface area contributed by atoms with Crippen LogP contribution in [0, 0.1) is 5.82 Å². The average molecular weight is 370 g/mol. The summed E-state index contributed by atoms with van der Waals surface area (Å²) in [4.78, 5) is 14.0. The minimum absolute atomic E-state index is 0.161. The molecule has 1 saturated carbocycles. The summed E-state index contributed by atoms with van der Waals surface area (Å²) in [5, 5.41) is 0. The van der Waals surface area contributed by atoms with E-state index in [0.717, 1.165) is 31.7 Å². The maximum atomic E-state index is 14.2. The monoisotopic (exact) mass is 370 g/mol. The predicted molar refractivity (Wildman–Crippen MR) is 95.5 cm³/mol. The molecule has 1 aromatic carbocycles. The third-order valence-corrected chi connectivity index (χ3v) is 7.01. The topological polar surface area (TPSA) is 57.7 Å². The Labute approximate surface area is 149 Å². The van der Waals surface area contributed by atoms with Crippen LogP contribution in [0.5, 0.6) is 0 Å². The maximum absolute atomic E-state index is 14.2. The summed E-state index contributed by atoms with van der Waals surface area (Å²) in [6.07, 6.45) is 5.27. The highest BCUT2D eigenvalue weighted by atomic mass is 32.2. The van der Waals surface area contributed by atoms with E-state index in [9.17, 15) is 17.6 Å². The molecule has 7 heteroatoms. The zero-order valence-corrected chi connectivity index (χ0v) is 16.0. The highest BCUT2D eigenvalue weighted by molar-refractivity contribution is 7.89. The van der Waals surface area contributed by atoms with Gasteiger partial charge in [-0.2, -0.15) is 4.31 Å². The van der Waals surface area contributed by atoms with E-state index in [2.05, 4.69) is 0 Å². The number of amides is 1. The van der Waals surface area contributed by atoms with Crippen LogP contribution in [-0.2, 0) is 10.0 Å². The fourth-order valence-corrected chi connectivity index (χ4v) is 4.92. The summed E-state index contributed by atoms with van der Waals surface area (Å²) >= 11 is 0. The van der Waals surface area contributed by atoms with Gasteiger partial charge in [-0.1, -0.05) is 33.1 Å². The van der Waals surface area contributed by atoms with Gasteiger partial charge in [0, 0.05) is 31.7 Å². The first-order valence-corrected chi connectivity index (χ1v) is 10.3. The summed E-state index contributed by atoms with van der Waals surface area (Å²) in [5.74, 6) is -1.09. The van der Waals surface area contributed by atoms with Gasteiger partial charge in [-0.15, -0.1) is 0 Å². The molecule has 0 unspecified atom stereocenters. The lowest BCUT2D eigenvalue weighted by Crippen LogP contribution is -2.38. The van der Waals surface area contributed by atoms with Crippen LogP contribution in [0.1, 0.15) is 56.3 Å². The van der Waals surface area contributed by atoms with E-state index in [0.29, 0.717) is 0 Å². The van der Waals surface area contributed by atoms with E-state index >= 15 is 0 Å². The molecule has 0 atom stereocenters. The summed E-state index contributed by atoms with van der Waals surface area (Å²) in [6.45, 7) is 3.90. The van der Waals surface area contributed by atoms with Gasteiger partial charge < -0.3 is 4.90 Å². The van der Waals surface area contributed by atoms with E-state index in [1.54, 1.807) is 25.8 Å². The first kappa shape index (κ1) is 19.8. The Morgan fingerprint density at radius 1 is 1.16 bits per heavy atom. The minimum atomic E-state index is -3.95. The van der Waals surface area contributed by atoms with Crippen molar-refractivity contribution in [3.05, 3.63) is 29.6 Å². The number of hydrogen-bond donors (Lipinski definition) is 0. The fraction of sp³-hybridized carbons (Fsp3) is 0.611. The maximum Gasteiger partial charge on any atom is 0.253 e. The van der Waals surface area contributed by atoms with E-state index in [-0.39, 0.29) is 30.6 Å². The second-order valence-electron chi connectivity index (χ2n) is 6.44. The van der Waals surface area contributed by atoms with Crippen LogP contribution >= 0.6 is 0 Å². The normalized spacial score (nSPS) is 16.2. The zero-order chi connectivity index (χ0) is 18.6. The van der Waals surface area contributed by atoms with Crippen LogP contribution in [0.15, 0.2) is 23.1 Å². The third kappa shape index (κ3) is 4.20. The Bertz CT molecular complexity index is 711. The van der Waals surface area contributed by atoms with Gasteiger partial charge in [-0.25, -0.2) is 12.8 Å². The van der Waals surface area contributed by atoms with Crippen LogP contribution in [-0.4, -0.2) is 49.7 Å². The van der Waals surface area contributed by atoms with Crippen molar-refractivity contribution in [2.75, 3.05) is 20.1 Å². The summed E-state index contributed by atoms with van der Waals surface area (Å²) in [5.41, 5.74) is 0.209. The van der Waals surface area contributed by atoms with Gasteiger partial charge in [0.15, 0.2) is 0 Å². The van der Waals surface area contributed by atoms with Gasteiger partial charge in [0.1, 0.15) is 10.7 Å². The molecule has 1 aromatic rings. The van der Waals surface area contributed by atoms with Gasteiger partial charge in [-0.3, -0.25) is 4.79 Å². The third-order valence-electron chi connectivity index (χ3n) is 4.94. The first-order valence-electron chi connectivity index (χ1n) is 8.89. The minimum Gasteiger partial charge on any atom is -0.339 e. The van der Waals surface area contributed by atoms with Crippen molar-refractivity contribution >= 4 is 15.9 Å². The average Bonchev–Trinajstić information content (AvgIpc) is 2.62. The second-order valence-corrected chi connectivity index (χ2v) is 8.35. The van der Waals surface area contributed by atoms with Gasteiger partial charge >= 0.3 is 0 Å². The molecule has 0 heterocycles. The van der Waals surface area contributed by atoms with E-state index in [1.165, 1.54) is 22.9 Å². The van der Waals surface area contributed by atoms with Crippen LogP contribution < -0.4 is 0 Å². The molecule has 1 amide bonds. The molecule has 25 heavy (non-hydrogen) atoms. The van der Waals surface area contributed by atoms with Crippen molar-refractivity contribution < 1.29 is 17.6 Å². The smallest absolute Gasteiger partial charge is 0.253 e. The van der Waals surface area contributed by atoms with Crippen LogP contribution in [0.2, 0.25) is 0 Å². The number of hydrogen-bond acceptors (Lipinski definition) is 3. The Morgan fingerprint density at radius 3 is 2.32 bits per heavy atom. The molecule has 1 aliphatic carbocycles. The predicted octanol–water partition coefficient (Wildman–Crippen LogP) is 3.26. The van der Waals surface area contributed by atoms with Gasteiger partial charge in [0.25, 0.3) is 5.91 Å². The summed E-state index contributed by atoms with van der Waals surface area (Å²) in [6, 6.07) is 3.76. The zero-order valence-electron chi connectivity index (χ0n) is 15.2. The lowest BCUT2D eigenvalue weighted by Gasteiger charge is -2.31. The SMILES string of the molecule is CCN(CC)S(=O)(=O)c1cc(C(=O)N(C)C2CCCCC2)ccc1F. The van der Waals surface area contributed by atoms with Crippen molar-refractivity contribution in [1.29, 1.82) is 0 Å². The number of carbonyl (C=O) groups is 1. The Morgan fingerprint density at radius 2 is 1.76 bits per heavy atom. The molecular weight excluding hydrogens is 343 g/mol. The van der Waals surface area contributed by atoms with Gasteiger partial charge in [0.05, 0.1) is 0 Å². The molecule has 1 aliphatic rings. The fourth-order valence-electron chi connectivity index (χ4n) is 3.37. The summed E-state index contributed by atoms with van der Waals surface area (Å²) in [7, 11) is -2.21. The lowest BCUT2D eigenvalue weighted by atomic mass is 9.94. The number of benzene rings is 1. The molecule has 0 saturated heterocycles. The van der Waals surface area contributed by atoms with Crippen molar-refractivity contribution in [2.45, 2.75) is 56.9 Å². The number of nitrogens with zero attached hydrogens (tertiary/aromatic N) is 2. The second kappa shape index (κ2) is 8.27. The lowest BCUT2D eigenvalue weighted by molar-refractivity contribution is 0.0696.